The lowest BCUT2D eigenvalue weighted by molar-refractivity contribution is -0.137. The Morgan fingerprint density at radius 1 is 1.32 bits per heavy atom. The van der Waals surface area contributed by atoms with Crippen LogP contribution in [0.1, 0.15) is 38.7 Å². The summed E-state index contributed by atoms with van der Waals surface area (Å²) >= 11 is 0. The van der Waals surface area contributed by atoms with Gasteiger partial charge < -0.3 is 10.6 Å². The molecule has 4 atom stereocenters. The van der Waals surface area contributed by atoms with Crippen LogP contribution < -0.4 is 10.6 Å². The molecule has 5 nitrogen and oxygen atoms in total. The number of hydrogen-bond donors (Lipinski definition) is 1. The molecule has 1 amide bonds. The highest BCUT2D eigenvalue weighted by molar-refractivity contribution is 5.79. The Morgan fingerprint density at radius 2 is 2.04 bits per heavy atom. The minimum atomic E-state index is -4.37. The monoisotopic (exact) mass is 398 g/mol. The van der Waals surface area contributed by atoms with Crippen LogP contribution >= 0.6 is 0 Å². The van der Waals surface area contributed by atoms with Gasteiger partial charge in [-0.1, -0.05) is 13.8 Å². The molecule has 2 N–H and O–H groups in total. The number of fused-ring (bicyclic) bond motifs is 1. The third-order valence-corrected chi connectivity index (χ3v) is 6.26. The summed E-state index contributed by atoms with van der Waals surface area (Å²) in [7, 11) is 1.98. The normalized spacial score (nSPS) is 26.1. The number of pyridine rings is 1. The molecule has 1 aliphatic heterocycles. The van der Waals surface area contributed by atoms with Crippen molar-refractivity contribution in [2.24, 2.45) is 23.5 Å². The minimum Gasteiger partial charge on any atom is -0.368 e. The van der Waals surface area contributed by atoms with Crippen molar-refractivity contribution >= 4 is 11.7 Å². The maximum atomic E-state index is 12.8. The first-order chi connectivity index (χ1) is 13.1. The number of hydrogen-bond acceptors (Lipinski definition) is 4. The first-order valence-corrected chi connectivity index (χ1v) is 9.87. The topological polar surface area (TPSA) is 62.5 Å². The summed E-state index contributed by atoms with van der Waals surface area (Å²) in [5.41, 5.74) is 4.94. The fourth-order valence-corrected chi connectivity index (χ4v) is 4.83. The van der Waals surface area contributed by atoms with Crippen LogP contribution in [0.4, 0.5) is 19.0 Å². The summed E-state index contributed by atoms with van der Waals surface area (Å²) in [6.07, 6.45) is -0.685. The van der Waals surface area contributed by atoms with Crippen LogP contribution in [0, 0.1) is 17.8 Å². The number of nitrogens with two attached hydrogens (primary N) is 1. The van der Waals surface area contributed by atoms with Gasteiger partial charge >= 0.3 is 6.18 Å². The number of nitrogens with zero attached hydrogens (tertiary/aromatic N) is 3. The predicted molar refractivity (Wildman–Crippen MR) is 102 cm³/mol. The molecule has 0 radical (unpaired) electrons. The fourth-order valence-electron chi connectivity index (χ4n) is 4.83. The first-order valence-electron chi connectivity index (χ1n) is 9.87. The number of primary amides is 1. The first kappa shape index (κ1) is 20.9. The number of alkyl halides is 3. The van der Waals surface area contributed by atoms with E-state index in [2.05, 4.69) is 28.6 Å². The average molecular weight is 398 g/mol. The summed E-state index contributed by atoms with van der Waals surface area (Å²) in [6.45, 7) is 5.69. The largest absolute Gasteiger partial charge is 0.417 e. The lowest BCUT2D eigenvalue weighted by Gasteiger charge is -2.35. The van der Waals surface area contributed by atoms with Crippen molar-refractivity contribution in [2.45, 2.75) is 51.4 Å². The molecule has 1 saturated heterocycles. The van der Waals surface area contributed by atoms with E-state index in [1.807, 2.05) is 7.05 Å². The third-order valence-electron chi connectivity index (χ3n) is 6.26. The van der Waals surface area contributed by atoms with Crippen LogP contribution in [-0.4, -0.2) is 48.0 Å². The predicted octanol–water partition coefficient (Wildman–Crippen LogP) is 3.15. The van der Waals surface area contributed by atoms with Crippen molar-refractivity contribution in [3.63, 3.8) is 0 Å². The van der Waals surface area contributed by atoms with E-state index in [0.29, 0.717) is 23.6 Å². The number of carbonyl (C=O) groups is 1. The van der Waals surface area contributed by atoms with Gasteiger partial charge in [-0.15, -0.1) is 0 Å². The zero-order chi connectivity index (χ0) is 20.6. The average Bonchev–Trinajstić information content (AvgIpc) is 3.18. The minimum absolute atomic E-state index is 0.251. The lowest BCUT2D eigenvalue weighted by Crippen LogP contribution is -2.50. The van der Waals surface area contributed by atoms with Crippen molar-refractivity contribution in [3.05, 3.63) is 23.9 Å². The molecule has 1 aromatic heterocycles. The Balaban J connectivity index is 1.70. The van der Waals surface area contributed by atoms with E-state index in [1.165, 1.54) is 6.07 Å². The van der Waals surface area contributed by atoms with Gasteiger partial charge in [-0.2, -0.15) is 13.2 Å². The SMILES string of the molecule is CC(C)C[C@@H](C(N)=O)N(C)[C@@H]1CC[C@H]2CN(c3ccc(C(F)(F)F)cn3)C[C@H]21. The van der Waals surface area contributed by atoms with Crippen molar-refractivity contribution in [1.82, 2.24) is 9.88 Å². The number of rotatable bonds is 6. The van der Waals surface area contributed by atoms with Crippen LogP contribution in [0.5, 0.6) is 0 Å². The standard InChI is InChI=1S/C20H29F3N4O/c1-12(2)8-17(19(24)28)26(3)16-6-4-13-10-27(11-15(13)16)18-7-5-14(9-25-18)20(21,22)23/h5,7,9,12-13,15-17H,4,6,8,10-11H2,1-3H3,(H2,24,28)/t13-,15+,16+,17-/m0/s1. The Kier molecular flexibility index (Phi) is 5.89. The van der Waals surface area contributed by atoms with E-state index in [0.717, 1.165) is 44.6 Å². The van der Waals surface area contributed by atoms with Gasteiger partial charge in [0.25, 0.3) is 0 Å². The van der Waals surface area contributed by atoms with Crippen LogP contribution in [-0.2, 0) is 11.0 Å². The smallest absolute Gasteiger partial charge is 0.368 e. The second-order valence-corrected chi connectivity index (χ2v) is 8.59. The molecule has 1 saturated carbocycles. The Bertz CT molecular complexity index is 692. The van der Waals surface area contributed by atoms with Crippen LogP contribution in [0.2, 0.25) is 0 Å². The molecule has 0 unspecified atom stereocenters. The van der Waals surface area contributed by atoms with Gasteiger partial charge in [0.1, 0.15) is 5.82 Å². The number of aromatic nitrogens is 1. The quantitative estimate of drug-likeness (QED) is 0.800. The molecule has 2 heterocycles. The molecule has 0 aromatic carbocycles. The van der Waals surface area contributed by atoms with E-state index >= 15 is 0 Å². The highest BCUT2D eigenvalue weighted by Crippen LogP contribution is 2.42. The van der Waals surface area contributed by atoms with Gasteiger partial charge in [0.15, 0.2) is 0 Å². The van der Waals surface area contributed by atoms with Gasteiger partial charge in [0, 0.05) is 25.3 Å². The molecule has 1 aromatic rings. The number of likely N-dealkylation sites (N-methyl/N-ethyl adjacent to an activating group) is 1. The van der Waals surface area contributed by atoms with Crippen LogP contribution in [0.25, 0.3) is 0 Å². The summed E-state index contributed by atoms with van der Waals surface area (Å²) in [6, 6.07) is 2.50. The Morgan fingerprint density at radius 3 is 2.57 bits per heavy atom. The van der Waals surface area contributed by atoms with E-state index < -0.39 is 11.7 Å². The summed E-state index contributed by atoms with van der Waals surface area (Å²) in [5, 5.41) is 0. The van der Waals surface area contributed by atoms with Gasteiger partial charge in [0.2, 0.25) is 5.91 Å². The molecule has 0 spiro atoms. The fraction of sp³-hybridized carbons (Fsp3) is 0.700. The number of halogens is 3. The molecule has 0 bridgehead atoms. The maximum Gasteiger partial charge on any atom is 0.417 e. The highest BCUT2D eigenvalue weighted by Gasteiger charge is 2.46. The van der Waals surface area contributed by atoms with Crippen LogP contribution in [0.3, 0.4) is 0 Å². The molecule has 156 valence electrons. The van der Waals surface area contributed by atoms with Crippen LogP contribution in [0.15, 0.2) is 18.3 Å². The van der Waals surface area contributed by atoms with E-state index in [4.69, 9.17) is 5.73 Å². The highest BCUT2D eigenvalue weighted by atomic mass is 19.4. The summed E-state index contributed by atoms with van der Waals surface area (Å²) in [5.74, 6) is 1.48. The molecule has 2 aliphatic rings. The third kappa shape index (κ3) is 4.26. The molecule has 28 heavy (non-hydrogen) atoms. The van der Waals surface area contributed by atoms with Gasteiger partial charge in [-0.05, 0) is 56.2 Å². The number of carbonyl (C=O) groups excluding carboxylic acids is 1. The Hall–Kier alpha value is -1.83. The number of amides is 1. The van der Waals surface area contributed by atoms with Gasteiger partial charge in [0.05, 0.1) is 11.6 Å². The Labute approximate surface area is 164 Å². The molecule has 3 rings (SSSR count). The number of anilines is 1. The van der Waals surface area contributed by atoms with E-state index in [1.54, 1.807) is 0 Å². The van der Waals surface area contributed by atoms with E-state index in [9.17, 15) is 18.0 Å². The maximum absolute atomic E-state index is 12.8. The summed E-state index contributed by atoms with van der Waals surface area (Å²) < 4.78 is 38.3. The summed E-state index contributed by atoms with van der Waals surface area (Å²) in [4.78, 5) is 20.2. The van der Waals surface area contributed by atoms with E-state index in [-0.39, 0.29) is 18.0 Å². The zero-order valence-electron chi connectivity index (χ0n) is 16.6. The zero-order valence-corrected chi connectivity index (χ0v) is 16.6. The van der Waals surface area contributed by atoms with Crippen molar-refractivity contribution in [2.75, 3.05) is 25.0 Å². The van der Waals surface area contributed by atoms with Crippen molar-refractivity contribution in [3.8, 4) is 0 Å². The second kappa shape index (κ2) is 7.89. The molecule has 8 heteroatoms. The van der Waals surface area contributed by atoms with Crippen molar-refractivity contribution in [1.29, 1.82) is 0 Å². The lowest BCUT2D eigenvalue weighted by atomic mass is 9.94. The molecular weight excluding hydrogens is 369 g/mol. The molecule has 1 aliphatic carbocycles. The van der Waals surface area contributed by atoms with Crippen molar-refractivity contribution < 1.29 is 18.0 Å². The van der Waals surface area contributed by atoms with Gasteiger partial charge in [-0.25, -0.2) is 4.98 Å². The second-order valence-electron chi connectivity index (χ2n) is 8.59. The molecular formula is C20H29F3N4O. The van der Waals surface area contributed by atoms with Gasteiger partial charge in [-0.3, -0.25) is 9.69 Å². The molecule has 2 fully saturated rings.